The van der Waals surface area contributed by atoms with Crippen LogP contribution in [0.3, 0.4) is 0 Å². The maximum absolute atomic E-state index is 6.08. The van der Waals surface area contributed by atoms with E-state index in [2.05, 4.69) is 6.07 Å². The molecule has 0 aliphatic heterocycles. The summed E-state index contributed by atoms with van der Waals surface area (Å²) in [6.07, 6.45) is 3.43. The molecule has 0 radical (unpaired) electrons. The molecule has 2 N–H and O–H groups in total. The third-order valence-electron chi connectivity index (χ3n) is 3.43. The van der Waals surface area contributed by atoms with Crippen molar-refractivity contribution < 1.29 is 4.42 Å². The third kappa shape index (κ3) is 1.62. The zero-order valence-electron chi connectivity index (χ0n) is 8.95. The van der Waals surface area contributed by atoms with Gasteiger partial charge in [-0.25, -0.2) is 0 Å². The van der Waals surface area contributed by atoms with Gasteiger partial charge in [-0.15, -0.1) is 0 Å². The predicted molar refractivity (Wildman–Crippen MR) is 65.8 cm³/mol. The molecule has 0 spiro atoms. The fraction of sp³-hybridized carbons (Fsp3) is 0.385. The fourth-order valence-electron chi connectivity index (χ4n) is 2.56. The van der Waals surface area contributed by atoms with Gasteiger partial charge in [0.15, 0.2) is 0 Å². The standard InChI is InChI=1S/C13H14ClNO/c14-9-4-5-12-8(6-9)7-13(16-12)10-2-1-3-11(10)15/h4-7,10-11H,1-3,15H2. The Morgan fingerprint density at radius 3 is 2.88 bits per heavy atom. The molecule has 0 bridgehead atoms. The van der Waals surface area contributed by atoms with E-state index in [1.165, 1.54) is 6.42 Å². The lowest BCUT2D eigenvalue weighted by atomic mass is 10.0. The van der Waals surface area contributed by atoms with Crippen molar-refractivity contribution in [2.75, 3.05) is 0 Å². The number of furan rings is 1. The Hall–Kier alpha value is -0.990. The number of hydrogen-bond donors (Lipinski definition) is 1. The number of nitrogens with two attached hydrogens (primary N) is 1. The van der Waals surface area contributed by atoms with Crippen molar-refractivity contribution in [1.29, 1.82) is 0 Å². The van der Waals surface area contributed by atoms with Crippen LogP contribution >= 0.6 is 11.6 Å². The van der Waals surface area contributed by atoms with Gasteiger partial charge in [0.1, 0.15) is 11.3 Å². The predicted octanol–water partition coefficient (Wildman–Crippen LogP) is 3.68. The molecule has 16 heavy (non-hydrogen) atoms. The minimum atomic E-state index is 0.246. The molecule has 2 aromatic rings. The minimum absolute atomic E-state index is 0.246. The first-order chi connectivity index (χ1) is 7.74. The lowest BCUT2D eigenvalue weighted by Crippen LogP contribution is -2.22. The summed E-state index contributed by atoms with van der Waals surface area (Å²) in [4.78, 5) is 0. The SMILES string of the molecule is NC1CCCC1c1cc2cc(Cl)ccc2o1. The summed E-state index contributed by atoms with van der Waals surface area (Å²) in [6, 6.07) is 8.03. The molecule has 0 amide bonds. The van der Waals surface area contributed by atoms with E-state index >= 15 is 0 Å². The van der Waals surface area contributed by atoms with Gasteiger partial charge in [0.05, 0.1) is 0 Å². The molecule has 1 aliphatic carbocycles. The number of benzene rings is 1. The molecule has 1 heterocycles. The third-order valence-corrected chi connectivity index (χ3v) is 3.67. The number of hydrogen-bond acceptors (Lipinski definition) is 2. The van der Waals surface area contributed by atoms with Crippen LogP contribution in [-0.4, -0.2) is 6.04 Å². The largest absolute Gasteiger partial charge is 0.461 e. The molecule has 1 aliphatic rings. The molecule has 3 rings (SSSR count). The number of halogens is 1. The van der Waals surface area contributed by atoms with Crippen molar-refractivity contribution in [2.45, 2.75) is 31.2 Å². The molecule has 2 atom stereocenters. The Balaban J connectivity index is 2.04. The highest BCUT2D eigenvalue weighted by atomic mass is 35.5. The van der Waals surface area contributed by atoms with Gasteiger partial charge in [-0.2, -0.15) is 0 Å². The van der Waals surface area contributed by atoms with E-state index < -0.39 is 0 Å². The molecular formula is C13H14ClNO. The zero-order chi connectivity index (χ0) is 11.1. The van der Waals surface area contributed by atoms with Crippen LogP contribution in [0.5, 0.6) is 0 Å². The molecular weight excluding hydrogens is 222 g/mol. The first-order valence-electron chi connectivity index (χ1n) is 5.68. The summed E-state index contributed by atoms with van der Waals surface area (Å²) in [5, 5.41) is 1.82. The van der Waals surface area contributed by atoms with Gasteiger partial charge in [-0.3, -0.25) is 0 Å². The molecule has 3 heteroatoms. The average Bonchev–Trinajstić information content (AvgIpc) is 2.82. The average molecular weight is 236 g/mol. The Labute approximate surface area is 99.4 Å². The molecule has 2 nitrogen and oxygen atoms in total. The molecule has 1 aromatic carbocycles. The van der Waals surface area contributed by atoms with Crippen LogP contribution in [-0.2, 0) is 0 Å². The van der Waals surface area contributed by atoms with Gasteiger partial charge >= 0.3 is 0 Å². The summed E-state index contributed by atoms with van der Waals surface area (Å²) in [5.74, 6) is 1.40. The van der Waals surface area contributed by atoms with Crippen LogP contribution < -0.4 is 5.73 Å². The molecule has 0 saturated heterocycles. The lowest BCUT2D eigenvalue weighted by Gasteiger charge is -2.11. The minimum Gasteiger partial charge on any atom is -0.461 e. The van der Waals surface area contributed by atoms with E-state index in [1.807, 2.05) is 18.2 Å². The van der Waals surface area contributed by atoms with Crippen LogP contribution in [0, 0.1) is 0 Å². The first kappa shape index (κ1) is 10.2. The van der Waals surface area contributed by atoms with Crippen LogP contribution in [0.15, 0.2) is 28.7 Å². The van der Waals surface area contributed by atoms with Crippen LogP contribution in [0.25, 0.3) is 11.0 Å². The van der Waals surface area contributed by atoms with E-state index in [1.54, 1.807) is 0 Å². The van der Waals surface area contributed by atoms with E-state index in [0.717, 1.165) is 34.6 Å². The second-order valence-corrected chi connectivity index (χ2v) is 4.97. The Bertz CT molecular complexity index is 520. The number of rotatable bonds is 1. The Kier molecular flexibility index (Phi) is 2.41. The topological polar surface area (TPSA) is 39.2 Å². The normalized spacial score (nSPS) is 25.4. The smallest absolute Gasteiger partial charge is 0.134 e. The van der Waals surface area contributed by atoms with E-state index in [9.17, 15) is 0 Å². The lowest BCUT2D eigenvalue weighted by molar-refractivity contribution is 0.467. The van der Waals surface area contributed by atoms with Crippen LogP contribution in [0.4, 0.5) is 0 Å². The summed E-state index contributed by atoms with van der Waals surface area (Å²) in [6.45, 7) is 0. The molecule has 1 saturated carbocycles. The van der Waals surface area contributed by atoms with E-state index in [4.69, 9.17) is 21.8 Å². The highest BCUT2D eigenvalue weighted by molar-refractivity contribution is 6.31. The van der Waals surface area contributed by atoms with Gasteiger partial charge < -0.3 is 10.2 Å². The van der Waals surface area contributed by atoms with Crippen molar-refractivity contribution in [3.8, 4) is 0 Å². The number of fused-ring (bicyclic) bond motifs is 1. The van der Waals surface area contributed by atoms with Gasteiger partial charge in [0.25, 0.3) is 0 Å². The van der Waals surface area contributed by atoms with E-state index in [-0.39, 0.29) is 6.04 Å². The maximum atomic E-state index is 6.08. The zero-order valence-corrected chi connectivity index (χ0v) is 9.70. The molecule has 1 aromatic heterocycles. The highest BCUT2D eigenvalue weighted by Gasteiger charge is 2.28. The van der Waals surface area contributed by atoms with Crippen LogP contribution in [0.2, 0.25) is 5.02 Å². The van der Waals surface area contributed by atoms with Crippen molar-refractivity contribution in [3.05, 3.63) is 35.0 Å². The van der Waals surface area contributed by atoms with Crippen LogP contribution in [0.1, 0.15) is 30.9 Å². The monoisotopic (exact) mass is 235 g/mol. The molecule has 2 unspecified atom stereocenters. The summed E-state index contributed by atoms with van der Waals surface area (Å²) in [7, 11) is 0. The van der Waals surface area contributed by atoms with Crippen molar-refractivity contribution in [2.24, 2.45) is 5.73 Å². The fourth-order valence-corrected chi connectivity index (χ4v) is 2.74. The first-order valence-corrected chi connectivity index (χ1v) is 6.06. The summed E-state index contributed by atoms with van der Waals surface area (Å²) >= 11 is 5.95. The van der Waals surface area contributed by atoms with Crippen molar-refractivity contribution in [3.63, 3.8) is 0 Å². The van der Waals surface area contributed by atoms with Gasteiger partial charge in [0, 0.05) is 22.4 Å². The second kappa shape index (κ2) is 3.79. The summed E-state index contributed by atoms with van der Waals surface area (Å²) < 4.78 is 5.84. The summed E-state index contributed by atoms with van der Waals surface area (Å²) in [5.41, 5.74) is 6.98. The quantitative estimate of drug-likeness (QED) is 0.819. The highest BCUT2D eigenvalue weighted by Crippen LogP contribution is 2.36. The van der Waals surface area contributed by atoms with Gasteiger partial charge in [-0.05, 0) is 37.1 Å². The van der Waals surface area contributed by atoms with Gasteiger partial charge in [-0.1, -0.05) is 18.0 Å². The Morgan fingerprint density at radius 2 is 2.12 bits per heavy atom. The van der Waals surface area contributed by atoms with Gasteiger partial charge in [0.2, 0.25) is 0 Å². The molecule has 1 fully saturated rings. The van der Waals surface area contributed by atoms with Crippen molar-refractivity contribution >= 4 is 22.6 Å². The molecule has 84 valence electrons. The Morgan fingerprint density at radius 1 is 1.25 bits per heavy atom. The maximum Gasteiger partial charge on any atom is 0.134 e. The second-order valence-electron chi connectivity index (χ2n) is 4.53. The van der Waals surface area contributed by atoms with E-state index in [0.29, 0.717) is 5.92 Å². The van der Waals surface area contributed by atoms with Crippen molar-refractivity contribution in [1.82, 2.24) is 0 Å².